The van der Waals surface area contributed by atoms with Gasteiger partial charge in [0.05, 0.1) is 18.1 Å². The van der Waals surface area contributed by atoms with Crippen molar-refractivity contribution in [2.75, 3.05) is 17.7 Å². The lowest BCUT2D eigenvalue weighted by Gasteiger charge is -2.15. The molecule has 0 aliphatic heterocycles. The normalized spacial score (nSPS) is 12.5. The van der Waals surface area contributed by atoms with E-state index in [-0.39, 0.29) is 6.04 Å². The molecule has 0 saturated heterocycles. The number of hydrogen-bond acceptors (Lipinski definition) is 6. The zero-order chi connectivity index (χ0) is 13.9. The van der Waals surface area contributed by atoms with Gasteiger partial charge < -0.3 is 10.6 Å². The highest BCUT2D eigenvalue weighted by Crippen LogP contribution is 2.20. The van der Waals surface area contributed by atoms with Crippen LogP contribution in [0.5, 0.6) is 0 Å². The van der Waals surface area contributed by atoms with E-state index in [9.17, 15) is 0 Å². The molecule has 3 aromatic heterocycles. The third-order valence-electron chi connectivity index (χ3n) is 2.94. The van der Waals surface area contributed by atoms with Crippen LogP contribution in [0.25, 0.3) is 11.0 Å². The van der Waals surface area contributed by atoms with Crippen LogP contribution < -0.4 is 10.6 Å². The Labute approximate surface area is 115 Å². The van der Waals surface area contributed by atoms with Crippen LogP contribution in [0.3, 0.4) is 0 Å². The molecule has 3 heterocycles. The maximum atomic E-state index is 4.44. The van der Waals surface area contributed by atoms with Crippen molar-refractivity contribution in [3.63, 3.8) is 0 Å². The highest BCUT2D eigenvalue weighted by Gasteiger charge is 2.11. The molecule has 0 saturated carbocycles. The van der Waals surface area contributed by atoms with E-state index in [1.807, 2.05) is 16.9 Å². The van der Waals surface area contributed by atoms with E-state index < -0.39 is 0 Å². The zero-order valence-corrected chi connectivity index (χ0v) is 11.3. The van der Waals surface area contributed by atoms with Crippen LogP contribution >= 0.6 is 0 Å². The Morgan fingerprint density at radius 2 is 2.30 bits per heavy atom. The van der Waals surface area contributed by atoms with E-state index in [1.54, 1.807) is 19.4 Å². The Balaban J connectivity index is 1.84. The summed E-state index contributed by atoms with van der Waals surface area (Å²) < 4.78 is 1.88. The van der Waals surface area contributed by atoms with Crippen molar-refractivity contribution in [1.29, 1.82) is 0 Å². The molecule has 3 N–H and O–H groups in total. The van der Waals surface area contributed by atoms with Crippen LogP contribution in [0.1, 0.15) is 6.92 Å². The smallest absolute Gasteiger partial charge is 0.226 e. The maximum Gasteiger partial charge on any atom is 0.226 e. The second kappa shape index (κ2) is 5.16. The van der Waals surface area contributed by atoms with Gasteiger partial charge in [0.25, 0.3) is 0 Å². The molecule has 0 bridgehead atoms. The number of aromatic nitrogens is 6. The van der Waals surface area contributed by atoms with Crippen molar-refractivity contribution in [2.24, 2.45) is 0 Å². The summed E-state index contributed by atoms with van der Waals surface area (Å²) in [4.78, 5) is 8.74. The van der Waals surface area contributed by atoms with Crippen molar-refractivity contribution in [3.05, 3.63) is 24.7 Å². The van der Waals surface area contributed by atoms with Crippen LogP contribution in [0.4, 0.5) is 11.8 Å². The molecule has 8 nitrogen and oxygen atoms in total. The molecule has 0 radical (unpaired) electrons. The molecule has 3 rings (SSSR count). The minimum absolute atomic E-state index is 0.174. The summed E-state index contributed by atoms with van der Waals surface area (Å²) in [5, 5.41) is 18.2. The highest BCUT2D eigenvalue weighted by molar-refractivity contribution is 5.87. The summed E-state index contributed by atoms with van der Waals surface area (Å²) in [6.07, 6.45) is 5.42. The van der Waals surface area contributed by atoms with Gasteiger partial charge in [0, 0.05) is 25.5 Å². The Morgan fingerprint density at radius 3 is 3.05 bits per heavy atom. The second-order valence-electron chi connectivity index (χ2n) is 4.55. The average molecular weight is 272 g/mol. The van der Waals surface area contributed by atoms with Crippen LogP contribution in [-0.4, -0.2) is 43.0 Å². The number of anilines is 2. The van der Waals surface area contributed by atoms with Crippen LogP contribution in [0.15, 0.2) is 24.7 Å². The van der Waals surface area contributed by atoms with E-state index in [1.165, 1.54) is 0 Å². The minimum Gasteiger partial charge on any atom is -0.365 e. The molecule has 20 heavy (non-hydrogen) atoms. The van der Waals surface area contributed by atoms with Crippen molar-refractivity contribution in [1.82, 2.24) is 29.9 Å². The summed E-state index contributed by atoms with van der Waals surface area (Å²) in [5.41, 5.74) is 0.707. The van der Waals surface area contributed by atoms with Gasteiger partial charge in [-0.3, -0.25) is 9.78 Å². The van der Waals surface area contributed by atoms with Gasteiger partial charge in [-0.25, -0.2) is 0 Å². The second-order valence-corrected chi connectivity index (χ2v) is 4.55. The minimum atomic E-state index is 0.174. The molecule has 1 atom stereocenters. The summed E-state index contributed by atoms with van der Waals surface area (Å²) in [6.45, 7) is 2.83. The van der Waals surface area contributed by atoms with Crippen molar-refractivity contribution in [2.45, 2.75) is 19.5 Å². The fraction of sp³-hybridized carbons (Fsp3) is 0.333. The third kappa shape index (κ3) is 2.40. The van der Waals surface area contributed by atoms with E-state index in [4.69, 9.17) is 0 Å². The fourth-order valence-electron chi connectivity index (χ4n) is 2.02. The first kappa shape index (κ1) is 12.4. The molecule has 0 spiro atoms. The number of hydrogen-bond donors (Lipinski definition) is 3. The van der Waals surface area contributed by atoms with E-state index in [0.29, 0.717) is 11.6 Å². The quantitative estimate of drug-likeness (QED) is 0.643. The number of nitrogens with zero attached hydrogens (tertiary/aromatic N) is 5. The molecule has 8 heteroatoms. The van der Waals surface area contributed by atoms with Crippen molar-refractivity contribution < 1.29 is 0 Å². The fourth-order valence-corrected chi connectivity index (χ4v) is 2.02. The number of fused-ring (bicyclic) bond motifs is 1. The maximum absolute atomic E-state index is 4.44. The molecule has 0 aromatic carbocycles. The Morgan fingerprint density at radius 1 is 1.40 bits per heavy atom. The van der Waals surface area contributed by atoms with Gasteiger partial charge >= 0.3 is 0 Å². The van der Waals surface area contributed by atoms with Crippen molar-refractivity contribution >= 4 is 22.8 Å². The number of nitrogens with one attached hydrogen (secondary N) is 3. The molecule has 0 fully saturated rings. The standard InChI is InChI=1S/C12H16N8/c1-8(7-20-5-3-4-15-20)16-10-9-6-14-19-11(9)18-12(13-2)17-10/h3-6,8H,7H2,1-2H3,(H3,13,14,16,17,18,19). The predicted octanol–water partition coefficient (Wildman–Crippen LogP) is 1.09. The summed E-state index contributed by atoms with van der Waals surface area (Å²) >= 11 is 0. The Bertz CT molecular complexity index is 687. The van der Waals surface area contributed by atoms with Crippen LogP contribution in [0.2, 0.25) is 0 Å². The lowest BCUT2D eigenvalue weighted by atomic mass is 10.3. The monoisotopic (exact) mass is 272 g/mol. The average Bonchev–Trinajstić information content (AvgIpc) is 3.09. The predicted molar refractivity (Wildman–Crippen MR) is 76.5 cm³/mol. The molecule has 104 valence electrons. The highest BCUT2D eigenvalue weighted by atomic mass is 15.3. The van der Waals surface area contributed by atoms with Gasteiger partial charge in [0.15, 0.2) is 5.65 Å². The zero-order valence-electron chi connectivity index (χ0n) is 11.3. The number of rotatable bonds is 5. The van der Waals surface area contributed by atoms with Gasteiger partial charge in [-0.2, -0.15) is 20.2 Å². The van der Waals surface area contributed by atoms with Gasteiger partial charge in [-0.05, 0) is 13.0 Å². The van der Waals surface area contributed by atoms with E-state index >= 15 is 0 Å². The Hall–Kier alpha value is -2.64. The first-order valence-corrected chi connectivity index (χ1v) is 6.39. The van der Waals surface area contributed by atoms with E-state index in [2.05, 4.69) is 42.8 Å². The van der Waals surface area contributed by atoms with Gasteiger partial charge in [0.1, 0.15) is 5.82 Å². The van der Waals surface area contributed by atoms with Crippen LogP contribution in [-0.2, 0) is 6.54 Å². The van der Waals surface area contributed by atoms with Crippen LogP contribution in [0, 0.1) is 0 Å². The summed E-state index contributed by atoms with van der Waals surface area (Å²) in [5.74, 6) is 1.31. The molecule has 0 amide bonds. The van der Waals surface area contributed by atoms with Crippen molar-refractivity contribution in [3.8, 4) is 0 Å². The molecule has 0 aliphatic carbocycles. The Kier molecular flexibility index (Phi) is 3.20. The van der Waals surface area contributed by atoms with Gasteiger partial charge in [-0.15, -0.1) is 0 Å². The lowest BCUT2D eigenvalue weighted by molar-refractivity contribution is 0.560. The first-order valence-electron chi connectivity index (χ1n) is 6.39. The SMILES string of the molecule is CNc1nc(NC(C)Cn2cccn2)c2cn[nH]c2n1. The first-order chi connectivity index (χ1) is 9.76. The number of H-pyrrole nitrogens is 1. The largest absolute Gasteiger partial charge is 0.365 e. The lowest BCUT2D eigenvalue weighted by Crippen LogP contribution is -2.23. The topological polar surface area (TPSA) is 96.3 Å². The molecule has 1 unspecified atom stereocenters. The number of aromatic amines is 1. The molecular weight excluding hydrogens is 256 g/mol. The molecule has 0 aliphatic rings. The molecule has 3 aromatic rings. The molecular formula is C12H16N8. The third-order valence-corrected chi connectivity index (χ3v) is 2.94. The van der Waals surface area contributed by atoms with Gasteiger partial charge in [-0.1, -0.05) is 0 Å². The van der Waals surface area contributed by atoms with E-state index in [0.717, 1.165) is 17.7 Å². The van der Waals surface area contributed by atoms with Gasteiger partial charge in [0.2, 0.25) is 5.95 Å². The summed E-state index contributed by atoms with van der Waals surface area (Å²) in [7, 11) is 1.79. The summed E-state index contributed by atoms with van der Waals surface area (Å²) in [6, 6.07) is 2.08.